The van der Waals surface area contributed by atoms with Gasteiger partial charge in [0.1, 0.15) is 75.1 Å². The number of hydrogen-bond acceptors (Lipinski definition) is 23. The summed E-state index contributed by atoms with van der Waals surface area (Å²) < 4.78 is 142. The summed E-state index contributed by atoms with van der Waals surface area (Å²) in [6, 6.07) is 107. The number of nitrogens with zero attached hydrogens (tertiary/aromatic N) is 12. The molecule has 0 bridgehead atoms. The van der Waals surface area contributed by atoms with Gasteiger partial charge in [0, 0.05) is 34.9 Å². The highest BCUT2D eigenvalue weighted by atomic mass is 35.7. The first-order valence-corrected chi connectivity index (χ1v) is 46.2. The Labute approximate surface area is 797 Å². The molecule has 0 saturated heterocycles. The molecule has 0 aliphatic carbocycles. The highest BCUT2D eigenvalue weighted by molar-refractivity contribution is 7.95. The van der Waals surface area contributed by atoms with Crippen molar-refractivity contribution in [2.45, 2.75) is 0 Å². The third kappa shape index (κ3) is 32.2. The quantitative estimate of drug-likeness (QED) is 0.0363. The van der Waals surface area contributed by atoms with Crippen molar-refractivity contribution in [2.24, 2.45) is 0 Å². The number of ether oxygens (including phenoxy) is 6. The molecule has 0 spiro atoms. The van der Waals surface area contributed by atoms with Gasteiger partial charge in [-0.05, 0) is 172 Å². The fraction of sp³-hybridized carbons (Fsp3) is 0.0103. The van der Waals surface area contributed by atoms with E-state index in [4.69, 9.17) is 106 Å². The zero-order chi connectivity index (χ0) is 95.7. The van der Waals surface area contributed by atoms with Crippen molar-refractivity contribution >= 4 is 120 Å². The summed E-state index contributed by atoms with van der Waals surface area (Å²) in [5.41, 5.74) is -0.525. The molecule has 23 nitrogen and oxygen atoms in total. The smallest absolute Gasteiger partial charge is 0.491 e. The lowest BCUT2D eigenvalue weighted by atomic mass is 9.80. The molecule has 38 heteroatoms. The maximum Gasteiger partial charge on any atom is 0.491 e. The van der Waals surface area contributed by atoms with Crippen LogP contribution in [0.4, 0.5) is 26.3 Å². The highest BCUT2D eigenvalue weighted by Gasteiger charge is 2.37. The Hall–Kier alpha value is -14.5. The number of rotatable bonds is 20. The number of phenolic OH excluding ortho intramolecular Hbond substituents is 1. The predicted octanol–water partition coefficient (Wildman–Crippen LogP) is 23.6. The Bertz CT molecular complexity index is 6500. The molecule has 135 heavy (non-hydrogen) atoms. The minimum atomic E-state index is -4.02. The molecule has 18 aromatic rings. The number of aromatic nitrogens is 12. The van der Waals surface area contributed by atoms with E-state index in [1.54, 1.807) is 213 Å². The summed E-state index contributed by atoms with van der Waals surface area (Å²) in [7, 11) is -6.44. The van der Waals surface area contributed by atoms with E-state index in [0.717, 1.165) is 30.3 Å². The normalized spacial score (nSPS) is 10.4. The van der Waals surface area contributed by atoms with Crippen LogP contribution in [0.3, 0.4) is 0 Å². The lowest BCUT2D eigenvalue weighted by molar-refractivity contribution is 0.397. The van der Waals surface area contributed by atoms with Crippen LogP contribution in [-0.4, -0.2) is 88.7 Å². The Morgan fingerprint density at radius 3 is 0.867 bits per heavy atom. The molecular weight excluding hydrogens is 1900 g/mol. The molecule has 0 unspecified atom stereocenters. The molecule has 0 aliphatic heterocycles. The van der Waals surface area contributed by atoms with Crippen molar-refractivity contribution in [3.63, 3.8) is 0 Å². The summed E-state index contributed by atoms with van der Waals surface area (Å²) in [4.78, 5) is 47.6. The van der Waals surface area contributed by atoms with E-state index in [1.165, 1.54) is 22.7 Å². The molecule has 0 aliphatic rings. The average Bonchev–Trinajstić information content (AvgIpc) is 0.739. The highest BCUT2D eigenvalue weighted by Crippen LogP contribution is 2.46. The third-order valence-corrected chi connectivity index (χ3v) is 23.5. The van der Waals surface area contributed by atoms with Gasteiger partial charge in [0.2, 0.25) is 21.1 Å². The SMILES string of the molecule is CP=O.ClP(c1ccccc1)c1ccccc1.Clc1nc(Cl)nc(Cl)n1.Clc1nc(Oc2ccccc2)nc(Oc2ccccc2)n1.Fc1ccc(-c2nc(Oc3ccccc3)nc(Oc3ccccc3)n2)c(F)c1.O=P(c1ccccc1)(c1ccccc1)c1c(F)ccc(-c2nc(Oc3ccccc3)nc(Oc3ccccc3)n2)c1F.OB(O)c1ccc(F)cc1F.Oc1ccccc1. The zero-order valence-corrected chi connectivity index (χ0v) is 76.4. The van der Waals surface area contributed by atoms with Crippen LogP contribution >= 0.6 is 80.5 Å². The second-order valence-corrected chi connectivity index (χ2v) is 33.4. The van der Waals surface area contributed by atoms with Crippen molar-refractivity contribution in [1.82, 2.24) is 59.8 Å². The van der Waals surface area contributed by atoms with Crippen LogP contribution in [0.5, 0.6) is 76.3 Å². The van der Waals surface area contributed by atoms with Gasteiger partial charge in [-0.25, -0.2) is 26.3 Å². The van der Waals surface area contributed by atoms with E-state index in [0.29, 0.717) is 46.3 Å². The number of para-hydroxylation sites is 7. The van der Waals surface area contributed by atoms with Gasteiger partial charge >= 0.3 is 43.2 Å². The molecule has 4 aromatic heterocycles. The summed E-state index contributed by atoms with van der Waals surface area (Å²) in [5, 5.41) is 28.0. The van der Waals surface area contributed by atoms with Gasteiger partial charge < -0.3 is 48.1 Å². The maximum absolute atomic E-state index is 16.6. The fourth-order valence-corrected chi connectivity index (χ4v) is 16.5. The van der Waals surface area contributed by atoms with Crippen LogP contribution in [-0.2, 0) is 9.13 Å². The second kappa shape index (κ2) is 52.7. The van der Waals surface area contributed by atoms with E-state index >= 15 is 8.78 Å². The molecule has 0 fully saturated rings. The Kier molecular flexibility index (Phi) is 39.4. The van der Waals surface area contributed by atoms with E-state index in [9.17, 15) is 22.1 Å². The lowest BCUT2D eigenvalue weighted by Crippen LogP contribution is -2.32. The molecule has 3 N–H and O–H groups in total. The summed E-state index contributed by atoms with van der Waals surface area (Å²) >= 11 is 28.2. The number of aromatic hydroxyl groups is 1. The summed E-state index contributed by atoms with van der Waals surface area (Å²) in [6.07, 6.45) is 0. The van der Waals surface area contributed by atoms with Crippen molar-refractivity contribution in [1.29, 1.82) is 0 Å². The molecule has 678 valence electrons. The van der Waals surface area contributed by atoms with E-state index in [1.807, 2.05) is 103 Å². The van der Waals surface area contributed by atoms with Crippen molar-refractivity contribution in [3.8, 4) is 99.1 Å². The van der Waals surface area contributed by atoms with Crippen LogP contribution in [0, 0.1) is 34.9 Å². The van der Waals surface area contributed by atoms with Crippen molar-refractivity contribution < 1.29 is 79.0 Å². The van der Waals surface area contributed by atoms with E-state index in [2.05, 4.69) is 84.1 Å². The van der Waals surface area contributed by atoms with Gasteiger partial charge in [-0.3, -0.25) is 4.57 Å². The van der Waals surface area contributed by atoms with Crippen molar-refractivity contribution in [3.05, 3.63) is 438 Å². The number of phenols is 1. The van der Waals surface area contributed by atoms with Crippen LogP contribution in [0.2, 0.25) is 21.1 Å². The van der Waals surface area contributed by atoms with Gasteiger partial charge in [-0.1, -0.05) is 266 Å². The van der Waals surface area contributed by atoms with E-state index < -0.39 is 61.7 Å². The van der Waals surface area contributed by atoms with Crippen molar-refractivity contribution in [2.75, 3.05) is 6.66 Å². The topological polar surface area (TPSA) is 305 Å². The Balaban J connectivity index is 0.000000163. The molecular formula is C97H69BCl5F6N12O11P3. The standard InChI is InChI=1S/C33H22F2N3O3P.C21H13F2N3O2.C15H10ClN3O2.C12H10ClP.C6H5BF2O2.C6H6O.C3Cl3N3.CH3OP/c34-28-22-21-27(29(35)30(28)42(39,25-17-9-3-10-18-25)26-19-11-4-12-20-26)31-36-32(40-23-13-5-1-6-14-23)38-33(37-31)41-24-15-7-2-8-16-24;22-14-11-12-17(18(23)13-14)19-24-20(27-15-7-3-1-4-8-15)26-21(25-19)28-16-9-5-2-6-10-16;16-13-17-14(20-11-7-3-1-4-8-11)19-15(18-13)21-12-9-5-2-6-10-12;13-14(11-7-3-1-4-8-11)12-9-5-2-6-10-12;8-4-1-2-5(7(10)11)6(9)3-4;7-6-4-2-1-3-5-6;4-1-7-2(5)9-3(6)8-1;1-3-2/h1-22H;1-13H;1-10H;1-10H;1-3,10-11H;1-5,7H;;1H3. The van der Waals surface area contributed by atoms with Crippen LogP contribution in [0.1, 0.15) is 0 Å². The fourth-order valence-electron chi connectivity index (χ4n) is 11.1. The molecule has 14 aromatic carbocycles. The van der Waals surface area contributed by atoms with Gasteiger partial charge in [0.05, 0.1) is 23.7 Å². The summed E-state index contributed by atoms with van der Waals surface area (Å²) in [6.45, 7) is 1.54. The maximum atomic E-state index is 16.6. The second-order valence-electron chi connectivity index (χ2n) is 26.4. The van der Waals surface area contributed by atoms with Gasteiger partial charge in [-0.2, -0.15) is 44.9 Å². The Morgan fingerprint density at radius 1 is 0.319 bits per heavy atom. The molecule has 0 atom stereocenters. The number of hydrogen-bond donors (Lipinski definition) is 3. The molecule has 0 saturated carbocycles. The first kappa shape index (κ1) is 101. The van der Waals surface area contributed by atoms with Crippen LogP contribution in [0.15, 0.2) is 382 Å². The largest absolute Gasteiger partial charge is 0.508 e. The van der Waals surface area contributed by atoms with E-state index in [-0.39, 0.29) is 105 Å². The minimum Gasteiger partial charge on any atom is -0.508 e. The lowest BCUT2D eigenvalue weighted by Gasteiger charge is -2.22. The Morgan fingerprint density at radius 2 is 0.578 bits per heavy atom. The molecule has 0 amide bonds. The third-order valence-electron chi connectivity index (χ3n) is 17.0. The first-order chi connectivity index (χ1) is 65.5. The zero-order valence-electron chi connectivity index (χ0n) is 69.9. The van der Waals surface area contributed by atoms with Gasteiger partial charge in [0.25, 0.3) is 0 Å². The molecule has 4 heterocycles. The predicted molar refractivity (Wildman–Crippen MR) is 511 cm³/mol. The number of benzene rings is 14. The number of halogens is 11. The summed E-state index contributed by atoms with van der Waals surface area (Å²) in [5.74, 6) is -2.08. The van der Waals surface area contributed by atoms with Gasteiger partial charge in [0.15, 0.2) is 27.3 Å². The monoisotopic (exact) mass is 1970 g/mol. The average molecular weight is 1970 g/mol. The first-order valence-electron chi connectivity index (χ1n) is 39.5. The molecule has 0 radical (unpaired) electrons. The minimum absolute atomic E-state index is 0.000000000000000444. The van der Waals surface area contributed by atoms with Crippen LogP contribution in [0.25, 0.3) is 22.8 Å². The van der Waals surface area contributed by atoms with Crippen LogP contribution < -0.4 is 60.4 Å². The van der Waals surface area contributed by atoms with Gasteiger partial charge in [-0.15, -0.1) is 15.0 Å². The molecule has 18 rings (SSSR count).